The molecule has 3 unspecified atom stereocenters. The molecule has 4 nitrogen and oxygen atoms in total. The molecule has 0 spiro atoms. The van der Waals surface area contributed by atoms with Crippen LogP contribution < -0.4 is 4.74 Å². The summed E-state index contributed by atoms with van der Waals surface area (Å²) in [6, 6.07) is 0. The van der Waals surface area contributed by atoms with E-state index < -0.39 is 0 Å². The van der Waals surface area contributed by atoms with Crippen molar-refractivity contribution < 1.29 is 19.1 Å². The lowest BCUT2D eigenvalue weighted by atomic mass is 9.81. The Morgan fingerprint density at radius 1 is 1.32 bits per heavy atom. The second-order valence-corrected chi connectivity index (χ2v) is 5.87. The van der Waals surface area contributed by atoms with Crippen molar-refractivity contribution in [2.75, 3.05) is 7.11 Å². The van der Waals surface area contributed by atoms with Gasteiger partial charge in [-0.2, -0.15) is 0 Å². The van der Waals surface area contributed by atoms with Crippen LogP contribution in [0.25, 0.3) is 11.2 Å². The fraction of sp³-hybridized carbons (Fsp3) is 0.533. The molecule has 0 aliphatic heterocycles. The number of carbonyl (C=O) groups is 1. The van der Waals surface area contributed by atoms with Gasteiger partial charge in [0, 0.05) is 5.56 Å². The first-order valence-electron chi connectivity index (χ1n) is 6.84. The molecule has 2 fully saturated rings. The average molecular weight is 260 g/mol. The van der Waals surface area contributed by atoms with Gasteiger partial charge in [-0.1, -0.05) is 6.42 Å². The highest BCUT2D eigenvalue weighted by molar-refractivity contribution is 6.00. The van der Waals surface area contributed by atoms with Crippen LogP contribution in [0.5, 0.6) is 11.5 Å². The van der Waals surface area contributed by atoms with Gasteiger partial charge in [0.05, 0.1) is 12.7 Å². The summed E-state index contributed by atoms with van der Waals surface area (Å²) < 4.78 is 10.8. The number of carbonyl (C=O) groups excluding carboxylic acids is 1. The Hall–Kier alpha value is -1.71. The number of hydrogen-bond donors (Lipinski definition) is 1. The highest BCUT2D eigenvalue weighted by Gasteiger charge is 2.44. The molecule has 2 aliphatic rings. The number of furan rings is 2. The van der Waals surface area contributed by atoms with Crippen LogP contribution in [-0.4, -0.2) is 18.5 Å². The van der Waals surface area contributed by atoms with Gasteiger partial charge >= 0.3 is 0 Å². The Balaban J connectivity index is 1.90. The molecular weight excluding hydrogens is 244 g/mol. The van der Waals surface area contributed by atoms with Crippen molar-refractivity contribution in [2.45, 2.75) is 31.6 Å². The van der Waals surface area contributed by atoms with Crippen LogP contribution in [0.2, 0.25) is 0 Å². The minimum absolute atomic E-state index is 0.0356. The predicted octanol–water partition coefficient (Wildman–Crippen LogP) is 3.30. The van der Waals surface area contributed by atoms with E-state index in [2.05, 4.69) is 0 Å². The summed E-state index contributed by atoms with van der Waals surface area (Å²) in [5.74, 6) is 2.20. The third-order valence-corrected chi connectivity index (χ3v) is 5.05. The molecule has 0 amide bonds. The zero-order valence-corrected chi connectivity index (χ0v) is 10.8. The fourth-order valence-corrected chi connectivity index (χ4v) is 4.28. The number of phenolic OH excluding ortho intramolecular Hbond substituents is 1. The van der Waals surface area contributed by atoms with Crippen molar-refractivity contribution >= 4 is 17.5 Å². The van der Waals surface area contributed by atoms with Gasteiger partial charge in [-0.25, -0.2) is 0 Å². The molecule has 4 rings (SSSR count). The molecule has 4 bridgehead atoms. The highest BCUT2D eigenvalue weighted by atomic mass is 16.5. The number of aromatic hydroxyl groups is 1. The maximum Gasteiger partial charge on any atom is 0.208 e. The normalized spacial score (nSPS) is 29.4. The monoisotopic (exact) mass is 260 g/mol. The lowest BCUT2D eigenvalue weighted by Gasteiger charge is -2.22. The smallest absolute Gasteiger partial charge is 0.208 e. The summed E-state index contributed by atoms with van der Waals surface area (Å²) in [6.45, 7) is 0. The third-order valence-electron chi connectivity index (χ3n) is 5.05. The van der Waals surface area contributed by atoms with Crippen molar-refractivity contribution in [2.24, 2.45) is 11.8 Å². The van der Waals surface area contributed by atoms with Gasteiger partial charge in [-0.05, 0) is 37.0 Å². The molecule has 0 saturated heterocycles. The third kappa shape index (κ3) is 1.26. The van der Waals surface area contributed by atoms with Gasteiger partial charge < -0.3 is 14.3 Å². The van der Waals surface area contributed by atoms with Crippen LogP contribution in [0, 0.1) is 11.8 Å². The van der Waals surface area contributed by atoms with E-state index in [9.17, 15) is 9.90 Å². The molecule has 0 aromatic carbocycles. The van der Waals surface area contributed by atoms with Crippen LogP contribution >= 0.6 is 0 Å². The zero-order chi connectivity index (χ0) is 13.1. The first kappa shape index (κ1) is 11.1. The number of rotatable bonds is 3. The van der Waals surface area contributed by atoms with Crippen LogP contribution in [0.1, 0.15) is 47.5 Å². The lowest BCUT2D eigenvalue weighted by molar-refractivity contribution is 0.112. The van der Waals surface area contributed by atoms with E-state index in [0.29, 0.717) is 34.3 Å². The van der Waals surface area contributed by atoms with Gasteiger partial charge in [0.15, 0.2) is 17.5 Å². The first-order valence-corrected chi connectivity index (χ1v) is 6.84. The van der Waals surface area contributed by atoms with Gasteiger partial charge in [-0.15, -0.1) is 0 Å². The Morgan fingerprint density at radius 2 is 2.16 bits per heavy atom. The topological polar surface area (TPSA) is 59.7 Å². The fourth-order valence-electron chi connectivity index (χ4n) is 4.28. The molecule has 2 aromatic rings. The second-order valence-electron chi connectivity index (χ2n) is 5.87. The Morgan fingerprint density at radius 3 is 2.74 bits per heavy atom. The van der Waals surface area contributed by atoms with Crippen molar-refractivity contribution in [3.05, 3.63) is 11.1 Å². The minimum Gasteiger partial charge on any atom is -0.502 e. The van der Waals surface area contributed by atoms with Gasteiger partial charge in [0.25, 0.3) is 0 Å². The van der Waals surface area contributed by atoms with Crippen LogP contribution in [-0.2, 0) is 0 Å². The molecule has 100 valence electrons. The number of ether oxygens (including phenoxy) is 1. The zero-order valence-electron chi connectivity index (χ0n) is 10.8. The minimum atomic E-state index is -0.0356. The van der Waals surface area contributed by atoms with Crippen LogP contribution in [0.3, 0.4) is 0 Å². The van der Waals surface area contributed by atoms with E-state index >= 15 is 0 Å². The molecule has 2 heterocycles. The van der Waals surface area contributed by atoms with E-state index in [1.807, 2.05) is 0 Å². The summed E-state index contributed by atoms with van der Waals surface area (Å²) in [7, 11) is 1.52. The predicted molar refractivity (Wildman–Crippen MR) is 69.2 cm³/mol. The summed E-state index contributed by atoms with van der Waals surface area (Å²) >= 11 is 0. The largest absolute Gasteiger partial charge is 0.502 e. The van der Waals surface area contributed by atoms with Crippen molar-refractivity contribution in [1.29, 1.82) is 0 Å². The van der Waals surface area contributed by atoms with E-state index in [4.69, 9.17) is 9.15 Å². The Kier molecular flexibility index (Phi) is 2.14. The van der Waals surface area contributed by atoms with Crippen molar-refractivity contribution in [3.63, 3.8) is 0 Å². The quantitative estimate of drug-likeness (QED) is 0.860. The first-order chi connectivity index (χ1) is 9.24. The number of fused-ring (bicyclic) bond motifs is 4. The molecule has 19 heavy (non-hydrogen) atoms. The molecule has 1 N–H and O–H groups in total. The lowest BCUT2D eigenvalue weighted by Crippen LogP contribution is -2.10. The van der Waals surface area contributed by atoms with E-state index in [1.165, 1.54) is 26.4 Å². The molecule has 3 atom stereocenters. The van der Waals surface area contributed by atoms with E-state index in [0.717, 1.165) is 24.2 Å². The molecule has 2 aliphatic carbocycles. The maximum absolute atomic E-state index is 11.4. The van der Waals surface area contributed by atoms with Crippen LogP contribution in [0.15, 0.2) is 4.42 Å². The number of benzene rings is 1. The van der Waals surface area contributed by atoms with E-state index in [-0.39, 0.29) is 5.75 Å². The molecular formula is C15H16O4. The molecule has 2 saturated carbocycles. The second kappa shape index (κ2) is 3.65. The Labute approximate surface area is 110 Å². The molecule has 0 radical (unpaired) electrons. The summed E-state index contributed by atoms with van der Waals surface area (Å²) in [5.41, 5.74) is 2.38. The maximum atomic E-state index is 11.4. The highest BCUT2D eigenvalue weighted by Crippen LogP contribution is 2.58. The standard InChI is InChI=1S/C15H16O4/c1-18-15-12(17)13-10(6-16)11(14(15)19-13)9-5-7-2-3-8(9)4-7/h6-9,17H,2-5H2,1H3. The molecule has 2 aromatic heterocycles. The molecule has 4 heteroatoms. The number of hydrogen-bond acceptors (Lipinski definition) is 4. The van der Waals surface area contributed by atoms with Crippen LogP contribution in [0.4, 0.5) is 0 Å². The number of phenols is 1. The SMILES string of the molecule is COc1c(O)c2oc1c(C1CC3CCC1C3)c2C=O. The van der Waals surface area contributed by atoms with Crippen molar-refractivity contribution in [1.82, 2.24) is 0 Å². The summed E-state index contributed by atoms with van der Waals surface area (Å²) in [4.78, 5) is 11.4. The van der Waals surface area contributed by atoms with E-state index in [1.54, 1.807) is 0 Å². The van der Waals surface area contributed by atoms with Gasteiger partial charge in [-0.3, -0.25) is 4.79 Å². The Bertz CT molecular complexity index is 642. The summed E-state index contributed by atoms with van der Waals surface area (Å²) in [6.07, 6.45) is 5.77. The van der Waals surface area contributed by atoms with Gasteiger partial charge in [0.2, 0.25) is 11.5 Å². The number of methoxy groups -OCH3 is 1. The van der Waals surface area contributed by atoms with Crippen molar-refractivity contribution in [3.8, 4) is 11.5 Å². The average Bonchev–Trinajstić information content (AvgIpc) is 3.15. The van der Waals surface area contributed by atoms with Gasteiger partial charge in [0.1, 0.15) is 0 Å². The summed E-state index contributed by atoms with van der Waals surface area (Å²) in [5, 5.41) is 9.95. The number of aldehydes is 1.